The lowest BCUT2D eigenvalue weighted by molar-refractivity contribution is 0.208. The van der Waals surface area contributed by atoms with Gasteiger partial charge in [-0.3, -0.25) is 4.79 Å². The van der Waals surface area contributed by atoms with Crippen LogP contribution in [-0.2, 0) is 4.79 Å². The van der Waals surface area contributed by atoms with Crippen LogP contribution >= 0.6 is 0 Å². The van der Waals surface area contributed by atoms with E-state index in [1.165, 1.54) is 13.0 Å². The molecule has 0 aromatic carbocycles. The lowest BCUT2D eigenvalue weighted by Gasteiger charge is -2.28. The Hall–Kier alpha value is -0.370. The van der Waals surface area contributed by atoms with E-state index in [9.17, 15) is 4.79 Å². The second kappa shape index (κ2) is 4.50. The molecule has 0 amide bonds. The second-order valence-corrected chi connectivity index (χ2v) is 3.23. The average Bonchev–Trinajstić information content (AvgIpc) is 2.07. The third-order valence-corrected chi connectivity index (χ3v) is 2.29. The summed E-state index contributed by atoms with van der Waals surface area (Å²) in [7, 11) is 0. The summed E-state index contributed by atoms with van der Waals surface area (Å²) in [4.78, 5) is 12.7. The SMILES string of the molecule is CCCN1CCC([C]=O)CC1. The predicted octanol–water partition coefficient (Wildman–Crippen LogP) is 1.22. The summed E-state index contributed by atoms with van der Waals surface area (Å²) < 4.78 is 0. The first-order chi connectivity index (χ1) is 5.36. The zero-order chi connectivity index (χ0) is 8.10. The van der Waals surface area contributed by atoms with Crippen molar-refractivity contribution in [3.05, 3.63) is 0 Å². The van der Waals surface area contributed by atoms with E-state index < -0.39 is 0 Å². The molecule has 63 valence electrons. The zero-order valence-electron chi connectivity index (χ0n) is 7.18. The van der Waals surface area contributed by atoms with Crippen molar-refractivity contribution in [2.24, 2.45) is 5.92 Å². The number of nitrogens with zero attached hydrogens (tertiary/aromatic N) is 1. The maximum atomic E-state index is 10.3. The van der Waals surface area contributed by atoms with Crippen molar-refractivity contribution in [2.75, 3.05) is 19.6 Å². The number of piperidine rings is 1. The number of hydrogen-bond acceptors (Lipinski definition) is 2. The predicted molar refractivity (Wildman–Crippen MR) is 45.1 cm³/mol. The second-order valence-electron chi connectivity index (χ2n) is 3.23. The van der Waals surface area contributed by atoms with Gasteiger partial charge in [0.1, 0.15) is 0 Å². The third-order valence-electron chi connectivity index (χ3n) is 2.29. The van der Waals surface area contributed by atoms with E-state index in [2.05, 4.69) is 18.1 Å². The summed E-state index contributed by atoms with van der Waals surface area (Å²) >= 11 is 0. The lowest BCUT2D eigenvalue weighted by Crippen LogP contribution is -2.34. The Bertz CT molecular complexity index is 117. The van der Waals surface area contributed by atoms with E-state index in [0.717, 1.165) is 25.9 Å². The van der Waals surface area contributed by atoms with Gasteiger partial charge >= 0.3 is 0 Å². The fourth-order valence-corrected chi connectivity index (χ4v) is 1.59. The third kappa shape index (κ3) is 2.62. The standard InChI is InChI=1S/C9H16NO/c1-2-5-10-6-3-9(8-11)4-7-10/h9H,2-7H2,1H3. The minimum atomic E-state index is 0.225. The molecule has 1 aliphatic heterocycles. The van der Waals surface area contributed by atoms with Gasteiger partial charge in [-0.25, -0.2) is 0 Å². The highest BCUT2D eigenvalue weighted by molar-refractivity contribution is 5.54. The Morgan fingerprint density at radius 3 is 2.55 bits per heavy atom. The molecule has 0 atom stereocenters. The molecule has 11 heavy (non-hydrogen) atoms. The molecule has 0 spiro atoms. The highest BCUT2D eigenvalue weighted by Crippen LogP contribution is 2.14. The van der Waals surface area contributed by atoms with E-state index in [-0.39, 0.29) is 5.92 Å². The summed E-state index contributed by atoms with van der Waals surface area (Å²) in [5.74, 6) is 0.225. The number of rotatable bonds is 3. The van der Waals surface area contributed by atoms with Gasteiger partial charge in [-0.2, -0.15) is 0 Å². The fourth-order valence-electron chi connectivity index (χ4n) is 1.59. The Kier molecular flexibility index (Phi) is 3.57. The van der Waals surface area contributed by atoms with Gasteiger partial charge in [0.05, 0.1) is 0 Å². The van der Waals surface area contributed by atoms with Crippen molar-refractivity contribution in [3.8, 4) is 0 Å². The van der Waals surface area contributed by atoms with Crippen LogP contribution in [0.5, 0.6) is 0 Å². The van der Waals surface area contributed by atoms with E-state index in [0.29, 0.717) is 0 Å². The molecule has 0 N–H and O–H groups in total. The Labute approximate surface area is 68.6 Å². The van der Waals surface area contributed by atoms with Gasteiger partial charge in [0, 0.05) is 5.92 Å². The first-order valence-corrected chi connectivity index (χ1v) is 4.47. The van der Waals surface area contributed by atoms with Crippen LogP contribution in [0.1, 0.15) is 26.2 Å². The van der Waals surface area contributed by atoms with Gasteiger partial charge in [0.15, 0.2) is 0 Å². The summed E-state index contributed by atoms with van der Waals surface area (Å²) in [6.07, 6.45) is 5.34. The van der Waals surface area contributed by atoms with Crippen LogP contribution < -0.4 is 0 Å². The van der Waals surface area contributed by atoms with Gasteiger partial charge in [0.2, 0.25) is 6.29 Å². The van der Waals surface area contributed by atoms with Gasteiger partial charge in [-0.05, 0) is 38.9 Å². The summed E-state index contributed by atoms with van der Waals surface area (Å²) in [5.41, 5.74) is 0. The summed E-state index contributed by atoms with van der Waals surface area (Å²) in [5, 5.41) is 0. The van der Waals surface area contributed by atoms with E-state index in [1.54, 1.807) is 0 Å². The van der Waals surface area contributed by atoms with Gasteiger partial charge in [-0.1, -0.05) is 6.92 Å². The Balaban J connectivity index is 2.18. The lowest BCUT2D eigenvalue weighted by atomic mass is 9.99. The van der Waals surface area contributed by atoms with Gasteiger partial charge in [-0.15, -0.1) is 0 Å². The molecule has 2 nitrogen and oxygen atoms in total. The van der Waals surface area contributed by atoms with Crippen molar-refractivity contribution in [1.29, 1.82) is 0 Å². The van der Waals surface area contributed by atoms with Crippen molar-refractivity contribution in [2.45, 2.75) is 26.2 Å². The van der Waals surface area contributed by atoms with Crippen molar-refractivity contribution >= 4 is 6.29 Å². The maximum absolute atomic E-state index is 10.3. The Morgan fingerprint density at radius 1 is 1.45 bits per heavy atom. The molecule has 1 rings (SSSR count). The minimum absolute atomic E-state index is 0.225. The quantitative estimate of drug-likeness (QED) is 0.609. The highest BCUT2D eigenvalue weighted by Gasteiger charge is 2.17. The maximum Gasteiger partial charge on any atom is 0.201 e. The van der Waals surface area contributed by atoms with Crippen LogP contribution in [0.3, 0.4) is 0 Å². The largest absolute Gasteiger partial charge is 0.303 e. The molecular formula is C9H16NO. The highest BCUT2D eigenvalue weighted by atomic mass is 16.1. The van der Waals surface area contributed by atoms with Crippen LogP contribution in [0.2, 0.25) is 0 Å². The van der Waals surface area contributed by atoms with Crippen LogP contribution in [0.15, 0.2) is 0 Å². The Morgan fingerprint density at radius 2 is 2.09 bits per heavy atom. The van der Waals surface area contributed by atoms with Crippen LogP contribution in [0.4, 0.5) is 0 Å². The molecule has 1 radical (unpaired) electrons. The van der Waals surface area contributed by atoms with Crippen LogP contribution in [0, 0.1) is 5.92 Å². The molecule has 0 aromatic rings. The monoisotopic (exact) mass is 154 g/mol. The molecular weight excluding hydrogens is 138 g/mol. The molecule has 1 aliphatic rings. The molecule has 2 heteroatoms. The average molecular weight is 154 g/mol. The first-order valence-electron chi connectivity index (χ1n) is 4.47. The first kappa shape index (κ1) is 8.72. The normalized spacial score (nSPS) is 21.9. The topological polar surface area (TPSA) is 20.3 Å². The van der Waals surface area contributed by atoms with Gasteiger partial charge < -0.3 is 4.90 Å². The van der Waals surface area contributed by atoms with Crippen LogP contribution in [-0.4, -0.2) is 30.8 Å². The number of likely N-dealkylation sites (tertiary alicyclic amines) is 1. The smallest absolute Gasteiger partial charge is 0.201 e. The fraction of sp³-hybridized carbons (Fsp3) is 0.889. The molecule has 0 bridgehead atoms. The zero-order valence-corrected chi connectivity index (χ0v) is 7.18. The van der Waals surface area contributed by atoms with Gasteiger partial charge in [0.25, 0.3) is 0 Å². The molecule has 0 aromatic heterocycles. The number of carbonyl (C=O) groups excluding carboxylic acids is 1. The van der Waals surface area contributed by atoms with E-state index >= 15 is 0 Å². The van der Waals surface area contributed by atoms with Crippen molar-refractivity contribution in [3.63, 3.8) is 0 Å². The number of hydrogen-bond donors (Lipinski definition) is 0. The molecule has 0 unspecified atom stereocenters. The van der Waals surface area contributed by atoms with Crippen LogP contribution in [0.25, 0.3) is 0 Å². The molecule has 1 heterocycles. The molecule has 0 aliphatic carbocycles. The molecule has 1 saturated heterocycles. The molecule has 0 saturated carbocycles. The van der Waals surface area contributed by atoms with Crippen molar-refractivity contribution in [1.82, 2.24) is 4.90 Å². The summed E-state index contributed by atoms with van der Waals surface area (Å²) in [6.45, 7) is 5.56. The summed E-state index contributed by atoms with van der Waals surface area (Å²) in [6, 6.07) is 0. The van der Waals surface area contributed by atoms with E-state index in [4.69, 9.17) is 0 Å². The van der Waals surface area contributed by atoms with E-state index in [1.807, 2.05) is 0 Å². The molecule has 1 fully saturated rings. The van der Waals surface area contributed by atoms with Crippen molar-refractivity contribution < 1.29 is 4.79 Å². The minimum Gasteiger partial charge on any atom is -0.303 e.